The summed E-state index contributed by atoms with van der Waals surface area (Å²) in [6.45, 7) is 0.286. The van der Waals surface area contributed by atoms with Gasteiger partial charge in [0.1, 0.15) is 17.7 Å². The molecule has 9 heteroatoms. The van der Waals surface area contributed by atoms with Gasteiger partial charge in [-0.25, -0.2) is 9.78 Å². The standard InChI is InChI=1S/C12H14N6O3/c1-16-6-5-14-11(16)8-17(2)12(19)15-9-3-4-13-7-10(9)18(20)21/h3-7H,8H2,1-2H3,(H,13,15,19). The van der Waals surface area contributed by atoms with Crippen LogP contribution in [-0.4, -0.2) is 37.4 Å². The number of nitro groups is 1. The molecule has 0 unspecified atom stereocenters. The summed E-state index contributed by atoms with van der Waals surface area (Å²) in [5.74, 6) is 0.705. The predicted molar refractivity (Wildman–Crippen MR) is 74.6 cm³/mol. The predicted octanol–water partition coefficient (Wildman–Crippen LogP) is 1.39. The van der Waals surface area contributed by atoms with E-state index in [2.05, 4.69) is 15.3 Å². The van der Waals surface area contributed by atoms with Crippen LogP contribution in [0.5, 0.6) is 0 Å². The number of hydrogen-bond donors (Lipinski definition) is 1. The second kappa shape index (κ2) is 5.99. The Bertz CT molecular complexity index is 669. The van der Waals surface area contributed by atoms with Crippen LogP contribution in [0.4, 0.5) is 16.2 Å². The molecule has 0 aromatic carbocycles. The van der Waals surface area contributed by atoms with Gasteiger partial charge in [0.05, 0.1) is 11.5 Å². The largest absolute Gasteiger partial charge is 0.337 e. The van der Waals surface area contributed by atoms with Gasteiger partial charge in [0.2, 0.25) is 0 Å². The molecule has 1 N–H and O–H groups in total. The number of aromatic nitrogens is 3. The van der Waals surface area contributed by atoms with Crippen LogP contribution in [0.2, 0.25) is 0 Å². The van der Waals surface area contributed by atoms with Crippen LogP contribution in [0, 0.1) is 10.1 Å². The summed E-state index contributed by atoms with van der Waals surface area (Å²) >= 11 is 0. The van der Waals surface area contributed by atoms with Crippen LogP contribution in [0.15, 0.2) is 30.9 Å². The molecule has 0 radical (unpaired) electrons. The molecule has 0 aliphatic rings. The molecule has 2 rings (SSSR count). The highest BCUT2D eigenvalue weighted by molar-refractivity contribution is 5.91. The van der Waals surface area contributed by atoms with Crippen LogP contribution >= 0.6 is 0 Å². The van der Waals surface area contributed by atoms with Gasteiger partial charge in [-0.3, -0.25) is 15.1 Å². The maximum absolute atomic E-state index is 12.1. The van der Waals surface area contributed by atoms with E-state index >= 15 is 0 Å². The Balaban J connectivity index is 2.08. The number of imidazole rings is 1. The zero-order valence-corrected chi connectivity index (χ0v) is 11.6. The molecular weight excluding hydrogens is 276 g/mol. The number of nitrogens with zero attached hydrogens (tertiary/aromatic N) is 5. The molecule has 0 aliphatic heterocycles. The molecule has 0 atom stereocenters. The number of hydrogen-bond acceptors (Lipinski definition) is 5. The lowest BCUT2D eigenvalue weighted by Gasteiger charge is -2.17. The summed E-state index contributed by atoms with van der Waals surface area (Å²) in [7, 11) is 3.40. The minimum atomic E-state index is -0.596. The SMILES string of the molecule is CN(Cc1nccn1C)C(=O)Nc1ccncc1[N+](=O)[O-]. The fourth-order valence-electron chi connectivity index (χ4n) is 1.68. The lowest BCUT2D eigenvalue weighted by atomic mass is 10.3. The third-order valence-corrected chi connectivity index (χ3v) is 2.88. The first-order valence-electron chi connectivity index (χ1n) is 6.05. The van der Waals surface area contributed by atoms with E-state index in [9.17, 15) is 14.9 Å². The number of carbonyl (C=O) groups excluding carboxylic acids is 1. The third-order valence-electron chi connectivity index (χ3n) is 2.88. The molecule has 0 spiro atoms. The van der Waals surface area contributed by atoms with Gasteiger partial charge >= 0.3 is 11.7 Å². The molecule has 0 bridgehead atoms. The summed E-state index contributed by atoms with van der Waals surface area (Å²) in [6.07, 6.45) is 5.87. The monoisotopic (exact) mass is 290 g/mol. The highest BCUT2D eigenvalue weighted by Crippen LogP contribution is 2.22. The first-order chi connectivity index (χ1) is 9.99. The molecule has 2 aromatic rings. The first kappa shape index (κ1) is 14.4. The molecule has 0 fully saturated rings. The minimum Gasteiger partial charge on any atom is -0.337 e. The van der Waals surface area contributed by atoms with Crippen molar-refractivity contribution in [1.29, 1.82) is 0 Å². The Hall–Kier alpha value is -2.97. The molecule has 0 saturated heterocycles. The van der Waals surface area contributed by atoms with Gasteiger partial charge < -0.3 is 14.8 Å². The van der Waals surface area contributed by atoms with E-state index in [1.807, 2.05) is 7.05 Å². The highest BCUT2D eigenvalue weighted by atomic mass is 16.6. The van der Waals surface area contributed by atoms with Gasteiger partial charge in [0, 0.05) is 32.7 Å². The fraction of sp³-hybridized carbons (Fsp3) is 0.250. The van der Waals surface area contributed by atoms with Crippen molar-refractivity contribution >= 4 is 17.4 Å². The molecule has 2 heterocycles. The van der Waals surface area contributed by atoms with E-state index in [1.54, 1.807) is 24.0 Å². The van der Waals surface area contributed by atoms with Gasteiger partial charge in [-0.1, -0.05) is 0 Å². The van der Waals surface area contributed by atoms with Gasteiger partial charge in [-0.2, -0.15) is 0 Å². The number of carbonyl (C=O) groups is 1. The molecule has 0 saturated carbocycles. The van der Waals surface area contributed by atoms with Crippen molar-refractivity contribution in [3.8, 4) is 0 Å². The number of anilines is 1. The van der Waals surface area contributed by atoms with Crippen LogP contribution in [0.25, 0.3) is 0 Å². The van der Waals surface area contributed by atoms with E-state index in [0.717, 1.165) is 6.20 Å². The van der Waals surface area contributed by atoms with Crippen LogP contribution in [0.1, 0.15) is 5.82 Å². The van der Waals surface area contributed by atoms with Gasteiger partial charge in [-0.15, -0.1) is 0 Å². The van der Waals surface area contributed by atoms with Crippen LogP contribution in [0.3, 0.4) is 0 Å². The van der Waals surface area contributed by atoms with Crippen molar-refractivity contribution in [3.05, 3.63) is 46.8 Å². The van der Waals surface area contributed by atoms with E-state index < -0.39 is 11.0 Å². The Morgan fingerprint density at radius 1 is 1.52 bits per heavy atom. The highest BCUT2D eigenvalue weighted by Gasteiger charge is 2.18. The topological polar surface area (TPSA) is 106 Å². The van der Waals surface area contributed by atoms with Crippen LogP contribution in [-0.2, 0) is 13.6 Å². The molecule has 2 amide bonds. The molecule has 110 valence electrons. The minimum absolute atomic E-state index is 0.103. The van der Waals surface area contributed by atoms with Crippen molar-refractivity contribution in [1.82, 2.24) is 19.4 Å². The molecule has 2 aromatic heterocycles. The number of nitrogens with one attached hydrogen (secondary N) is 1. The van der Waals surface area contributed by atoms with Crippen molar-refractivity contribution < 1.29 is 9.72 Å². The van der Waals surface area contributed by atoms with Crippen molar-refractivity contribution in [3.63, 3.8) is 0 Å². The summed E-state index contributed by atoms with van der Waals surface area (Å²) in [5, 5.41) is 13.4. The van der Waals surface area contributed by atoms with Crippen LogP contribution < -0.4 is 5.32 Å². The lowest BCUT2D eigenvalue weighted by Crippen LogP contribution is -2.32. The molecular formula is C12H14N6O3. The Kier molecular flexibility index (Phi) is 4.12. The quantitative estimate of drug-likeness (QED) is 0.676. The Morgan fingerprint density at radius 2 is 2.29 bits per heavy atom. The summed E-state index contributed by atoms with van der Waals surface area (Å²) < 4.78 is 1.79. The zero-order valence-electron chi connectivity index (χ0n) is 11.6. The van der Waals surface area contributed by atoms with E-state index in [4.69, 9.17) is 0 Å². The summed E-state index contributed by atoms with van der Waals surface area (Å²) in [6, 6.07) is 0.914. The number of aryl methyl sites for hydroxylation is 1. The number of urea groups is 1. The Labute approximate surface area is 120 Å². The maximum atomic E-state index is 12.1. The van der Waals surface area contributed by atoms with Crippen molar-refractivity contribution in [2.45, 2.75) is 6.54 Å². The average Bonchev–Trinajstić information content (AvgIpc) is 2.84. The fourth-order valence-corrected chi connectivity index (χ4v) is 1.68. The third kappa shape index (κ3) is 3.32. The Morgan fingerprint density at radius 3 is 2.90 bits per heavy atom. The van der Waals surface area contributed by atoms with Crippen molar-refractivity contribution in [2.75, 3.05) is 12.4 Å². The number of amides is 2. The average molecular weight is 290 g/mol. The number of pyridine rings is 1. The summed E-state index contributed by atoms with van der Waals surface area (Å²) in [5.41, 5.74) is -0.150. The second-order valence-electron chi connectivity index (χ2n) is 4.39. The number of rotatable bonds is 4. The normalized spacial score (nSPS) is 10.2. The van der Waals surface area contributed by atoms with Gasteiger partial charge in [-0.05, 0) is 6.07 Å². The maximum Gasteiger partial charge on any atom is 0.322 e. The van der Waals surface area contributed by atoms with E-state index in [1.165, 1.54) is 17.2 Å². The second-order valence-corrected chi connectivity index (χ2v) is 4.39. The smallest absolute Gasteiger partial charge is 0.322 e. The molecule has 21 heavy (non-hydrogen) atoms. The van der Waals surface area contributed by atoms with Gasteiger partial charge in [0.15, 0.2) is 0 Å². The zero-order chi connectivity index (χ0) is 15.4. The van der Waals surface area contributed by atoms with Gasteiger partial charge in [0.25, 0.3) is 0 Å². The lowest BCUT2D eigenvalue weighted by molar-refractivity contribution is -0.384. The van der Waals surface area contributed by atoms with E-state index in [-0.39, 0.29) is 17.9 Å². The summed E-state index contributed by atoms with van der Waals surface area (Å²) in [4.78, 5) is 31.5. The first-order valence-corrected chi connectivity index (χ1v) is 6.05. The molecule has 9 nitrogen and oxygen atoms in total. The molecule has 0 aliphatic carbocycles. The van der Waals surface area contributed by atoms with E-state index in [0.29, 0.717) is 5.82 Å². The van der Waals surface area contributed by atoms with Crippen molar-refractivity contribution in [2.24, 2.45) is 7.05 Å².